The van der Waals surface area contributed by atoms with Gasteiger partial charge in [0.15, 0.2) is 0 Å². The lowest BCUT2D eigenvalue weighted by atomic mass is 10.2. The zero-order valence-electron chi connectivity index (χ0n) is 7.72. The molecule has 13 heavy (non-hydrogen) atoms. The second-order valence-electron chi connectivity index (χ2n) is 2.52. The van der Waals surface area contributed by atoms with E-state index in [2.05, 4.69) is 16.6 Å². The van der Waals surface area contributed by atoms with Gasteiger partial charge >= 0.3 is 0 Å². The van der Waals surface area contributed by atoms with E-state index in [1.165, 1.54) is 0 Å². The monoisotopic (exact) mass is 182 g/mol. The third-order valence-corrected chi connectivity index (χ3v) is 1.46. The van der Waals surface area contributed by atoms with E-state index in [1.54, 1.807) is 7.05 Å². The zero-order chi connectivity index (χ0) is 10.1. The minimum Gasteiger partial charge on any atom is -0.359 e. The molecule has 72 valence electrons. The number of Topliss-reactive ketones (excluding diaryl/α,β-unsaturated/α-hetero) is 1. The summed E-state index contributed by atoms with van der Waals surface area (Å²) in [4.78, 5) is 21.8. The summed E-state index contributed by atoms with van der Waals surface area (Å²) in [5.41, 5.74) is 0. The first-order valence-corrected chi connectivity index (χ1v) is 4.07. The molecule has 0 aliphatic rings. The minimum absolute atomic E-state index is 0.00106. The smallest absolute Gasteiger partial charge is 0.220 e. The summed E-state index contributed by atoms with van der Waals surface area (Å²) in [7, 11) is 1.55. The molecule has 0 heterocycles. The van der Waals surface area contributed by atoms with Gasteiger partial charge in [-0.15, -0.1) is 6.42 Å². The number of nitrogens with one attached hydrogen (secondary N) is 2. The van der Waals surface area contributed by atoms with Crippen LogP contribution < -0.4 is 10.6 Å². The van der Waals surface area contributed by atoms with Crippen molar-refractivity contribution in [3.05, 3.63) is 0 Å². The normalized spacial score (nSPS) is 8.92. The van der Waals surface area contributed by atoms with Crippen molar-refractivity contribution in [3.8, 4) is 12.3 Å². The Bertz CT molecular complexity index is 218. The molecule has 0 bridgehead atoms. The van der Waals surface area contributed by atoms with E-state index in [4.69, 9.17) is 6.42 Å². The fourth-order valence-corrected chi connectivity index (χ4v) is 0.740. The lowest BCUT2D eigenvalue weighted by Crippen LogP contribution is -2.25. The number of rotatable bonds is 6. The summed E-state index contributed by atoms with van der Waals surface area (Å²) in [6.07, 6.45) is 5.47. The predicted octanol–water partition coefficient (Wildman–Crippen LogP) is -0.695. The molecule has 0 aromatic carbocycles. The van der Waals surface area contributed by atoms with E-state index in [-0.39, 0.29) is 31.1 Å². The maximum absolute atomic E-state index is 11.0. The van der Waals surface area contributed by atoms with Crippen molar-refractivity contribution in [3.63, 3.8) is 0 Å². The van der Waals surface area contributed by atoms with Gasteiger partial charge in [-0.3, -0.25) is 14.9 Å². The summed E-state index contributed by atoms with van der Waals surface area (Å²) >= 11 is 0. The summed E-state index contributed by atoms with van der Waals surface area (Å²) in [6.45, 7) is 0.618. The van der Waals surface area contributed by atoms with E-state index < -0.39 is 0 Å². The molecule has 0 fully saturated rings. The number of amides is 1. The molecule has 0 radical (unpaired) electrons. The Morgan fingerprint density at radius 1 is 1.38 bits per heavy atom. The second kappa shape index (κ2) is 7.32. The Labute approximate surface area is 78.1 Å². The molecule has 0 saturated carbocycles. The summed E-state index contributed by atoms with van der Waals surface area (Å²) in [6, 6.07) is 0. The van der Waals surface area contributed by atoms with Gasteiger partial charge in [-0.05, 0) is 0 Å². The highest BCUT2D eigenvalue weighted by Crippen LogP contribution is 1.89. The molecule has 0 aliphatic heterocycles. The molecular formula is C9H14N2O2. The molecule has 0 spiro atoms. The highest BCUT2D eigenvalue weighted by Gasteiger charge is 2.04. The van der Waals surface area contributed by atoms with Gasteiger partial charge in [-0.2, -0.15) is 0 Å². The van der Waals surface area contributed by atoms with Crippen molar-refractivity contribution >= 4 is 11.7 Å². The van der Waals surface area contributed by atoms with Gasteiger partial charge in [0.2, 0.25) is 5.91 Å². The molecule has 0 rings (SSSR count). The Kier molecular flexibility index (Phi) is 6.56. The summed E-state index contributed by atoms with van der Waals surface area (Å²) in [5, 5.41) is 5.20. The molecule has 4 heteroatoms. The Balaban J connectivity index is 3.42. The van der Waals surface area contributed by atoms with Gasteiger partial charge in [0.1, 0.15) is 5.78 Å². The Morgan fingerprint density at radius 2 is 2.08 bits per heavy atom. The van der Waals surface area contributed by atoms with Gasteiger partial charge in [0.25, 0.3) is 0 Å². The Morgan fingerprint density at radius 3 is 2.62 bits per heavy atom. The van der Waals surface area contributed by atoms with Crippen LogP contribution in [-0.2, 0) is 9.59 Å². The quantitative estimate of drug-likeness (QED) is 0.422. The molecule has 4 nitrogen and oxygen atoms in total. The number of carbonyl (C=O) groups excluding carboxylic acids is 2. The Hall–Kier alpha value is -1.34. The fraction of sp³-hybridized carbons (Fsp3) is 0.556. The second-order valence-corrected chi connectivity index (χ2v) is 2.52. The van der Waals surface area contributed by atoms with Crippen LogP contribution in [0.25, 0.3) is 0 Å². The molecule has 0 aromatic heterocycles. The van der Waals surface area contributed by atoms with E-state index in [0.717, 1.165) is 0 Å². The van der Waals surface area contributed by atoms with E-state index in [1.807, 2.05) is 0 Å². The SMILES string of the molecule is C#CCNCC(=O)CCC(=O)NC. The average molecular weight is 182 g/mol. The van der Waals surface area contributed by atoms with Crippen molar-refractivity contribution in [2.75, 3.05) is 20.1 Å². The molecule has 0 unspecified atom stereocenters. The average Bonchev–Trinajstić information content (AvgIpc) is 2.14. The lowest BCUT2D eigenvalue weighted by Gasteiger charge is -2.00. The van der Waals surface area contributed by atoms with Crippen LogP contribution in [0.4, 0.5) is 0 Å². The molecule has 0 atom stereocenters. The van der Waals surface area contributed by atoms with E-state index in [9.17, 15) is 9.59 Å². The van der Waals surface area contributed by atoms with Gasteiger partial charge in [-0.25, -0.2) is 0 Å². The standard InChI is InChI=1S/C9H14N2O2/c1-3-6-11-7-8(12)4-5-9(13)10-2/h1,11H,4-7H2,2H3,(H,10,13). The highest BCUT2D eigenvalue weighted by atomic mass is 16.2. The summed E-state index contributed by atoms with van der Waals surface area (Å²) < 4.78 is 0. The van der Waals surface area contributed by atoms with Crippen LogP contribution >= 0.6 is 0 Å². The molecule has 2 N–H and O–H groups in total. The van der Waals surface area contributed by atoms with Crippen LogP contribution in [0.3, 0.4) is 0 Å². The largest absolute Gasteiger partial charge is 0.359 e. The van der Waals surface area contributed by atoms with Crippen LogP contribution in [0.2, 0.25) is 0 Å². The topological polar surface area (TPSA) is 58.2 Å². The molecule has 0 aromatic rings. The van der Waals surface area contributed by atoms with Crippen molar-refractivity contribution in [2.45, 2.75) is 12.8 Å². The number of terminal acetylenes is 1. The van der Waals surface area contributed by atoms with Gasteiger partial charge in [0, 0.05) is 19.9 Å². The first kappa shape index (κ1) is 11.7. The van der Waals surface area contributed by atoms with Crippen molar-refractivity contribution in [1.29, 1.82) is 0 Å². The lowest BCUT2D eigenvalue weighted by molar-refractivity contribution is -0.124. The third kappa shape index (κ3) is 7.04. The van der Waals surface area contributed by atoms with Gasteiger partial charge in [-0.1, -0.05) is 5.92 Å². The zero-order valence-corrected chi connectivity index (χ0v) is 7.72. The molecule has 0 saturated heterocycles. The molecule has 1 amide bonds. The van der Waals surface area contributed by atoms with Crippen LogP contribution in [-0.4, -0.2) is 31.8 Å². The first-order valence-electron chi connectivity index (χ1n) is 4.07. The minimum atomic E-state index is -0.120. The maximum atomic E-state index is 11.0. The fourth-order valence-electron chi connectivity index (χ4n) is 0.740. The number of hydrogen-bond donors (Lipinski definition) is 2. The van der Waals surface area contributed by atoms with Crippen molar-refractivity contribution < 1.29 is 9.59 Å². The first-order chi connectivity index (χ1) is 6.20. The number of carbonyl (C=O) groups is 2. The van der Waals surface area contributed by atoms with Crippen LogP contribution in [0.1, 0.15) is 12.8 Å². The molecular weight excluding hydrogens is 168 g/mol. The summed E-state index contributed by atoms with van der Waals surface area (Å²) in [5.74, 6) is 2.24. The van der Waals surface area contributed by atoms with Gasteiger partial charge < -0.3 is 5.32 Å². The van der Waals surface area contributed by atoms with E-state index >= 15 is 0 Å². The predicted molar refractivity (Wildman–Crippen MR) is 50.0 cm³/mol. The van der Waals surface area contributed by atoms with Crippen molar-refractivity contribution in [1.82, 2.24) is 10.6 Å². The van der Waals surface area contributed by atoms with Crippen LogP contribution in [0.15, 0.2) is 0 Å². The molecule has 0 aliphatic carbocycles. The van der Waals surface area contributed by atoms with Crippen molar-refractivity contribution in [2.24, 2.45) is 0 Å². The highest BCUT2D eigenvalue weighted by molar-refractivity contribution is 5.85. The van der Waals surface area contributed by atoms with Crippen LogP contribution in [0.5, 0.6) is 0 Å². The third-order valence-electron chi connectivity index (χ3n) is 1.46. The number of ketones is 1. The van der Waals surface area contributed by atoms with E-state index in [0.29, 0.717) is 6.54 Å². The van der Waals surface area contributed by atoms with Crippen LogP contribution in [0, 0.1) is 12.3 Å². The maximum Gasteiger partial charge on any atom is 0.220 e. The number of hydrogen-bond acceptors (Lipinski definition) is 3. The van der Waals surface area contributed by atoms with Gasteiger partial charge in [0.05, 0.1) is 13.1 Å².